The molecule has 1 aliphatic heterocycles. The molecule has 7 nitrogen and oxygen atoms in total. The van der Waals surface area contributed by atoms with E-state index in [9.17, 15) is 17.6 Å². The van der Waals surface area contributed by atoms with Crippen LogP contribution in [0, 0.1) is 5.82 Å². The number of fused-ring (bicyclic) bond motifs is 1. The van der Waals surface area contributed by atoms with Crippen molar-refractivity contribution < 1.29 is 27.1 Å². The van der Waals surface area contributed by atoms with Crippen LogP contribution in [-0.4, -0.2) is 39.0 Å². The molecule has 4 rings (SSSR count). The Morgan fingerprint density at radius 1 is 0.974 bits per heavy atom. The van der Waals surface area contributed by atoms with Crippen LogP contribution in [0.2, 0.25) is 0 Å². The number of benzene rings is 3. The van der Waals surface area contributed by atoms with Gasteiger partial charge in [-0.05, 0) is 58.9 Å². The number of carbonyl (C=O) groups excluding carboxylic acids is 1. The highest BCUT2D eigenvalue weighted by molar-refractivity contribution is 7.92. The van der Waals surface area contributed by atoms with Crippen LogP contribution in [0.1, 0.15) is 49.9 Å². The van der Waals surface area contributed by atoms with E-state index in [0.29, 0.717) is 26.3 Å². The van der Waals surface area contributed by atoms with E-state index < -0.39 is 15.8 Å². The molecule has 0 radical (unpaired) electrons. The minimum Gasteiger partial charge on any atom is -0.491 e. The number of halogens is 1. The Hall–Kier alpha value is -3.43. The van der Waals surface area contributed by atoms with Gasteiger partial charge >= 0.3 is 0 Å². The van der Waals surface area contributed by atoms with E-state index in [0.717, 1.165) is 22.8 Å². The van der Waals surface area contributed by atoms with E-state index in [1.807, 2.05) is 19.1 Å². The van der Waals surface area contributed by atoms with Gasteiger partial charge in [0.25, 0.3) is 10.0 Å². The van der Waals surface area contributed by atoms with Gasteiger partial charge in [0.1, 0.15) is 12.4 Å². The molecule has 3 aromatic rings. The molecule has 0 aromatic heterocycles. The molecule has 208 valence electrons. The van der Waals surface area contributed by atoms with Crippen LogP contribution in [0.15, 0.2) is 65.6 Å². The zero-order valence-corrected chi connectivity index (χ0v) is 23.6. The average molecular weight is 555 g/mol. The van der Waals surface area contributed by atoms with Gasteiger partial charge in [0.15, 0.2) is 5.82 Å². The van der Waals surface area contributed by atoms with E-state index in [1.165, 1.54) is 23.8 Å². The summed E-state index contributed by atoms with van der Waals surface area (Å²) in [5.41, 5.74) is 3.65. The van der Waals surface area contributed by atoms with E-state index in [2.05, 4.69) is 37.6 Å². The number of carbonyl (C=O) groups is 1. The quantitative estimate of drug-likeness (QED) is 0.338. The predicted molar refractivity (Wildman–Crippen MR) is 149 cm³/mol. The maximum atomic E-state index is 14.6. The molecule has 39 heavy (non-hydrogen) atoms. The Morgan fingerprint density at radius 2 is 1.69 bits per heavy atom. The molecule has 1 amide bonds. The van der Waals surface area contributed by atoms with Gasteiger partial charge in [-0.3, -0.25) is 9.52 Å². The molecule has 1 heterocycles. The summed E-state index contributed by atoms with van der Waals surface area (Å²) in [5, 5.41) is 0. The SMILES string of the molecule is CCOCCOc1ccc(NS(=O)(=O)c2ccc3c(c2)CN(C(=O)Cc2ccc(C(C)(C)C)cc2)C3)c(F)c1. The predicted octanol–water partition coefficient (Wildman–Crippen LogP) is 5.42. The topological polar surface area (TPSA) is 84.9 Å². The fraction of sp³-hybridized carbons (Fsp3) is 0.367. The molecule has 9 heteroatoms. The molecule has 0 saturated heterocycles. The summed E-state index contributed by atoms with van der Waals surface area (Å²) in [6.07, 6.45) is 0.274. The zero-order chi connectivity index (χ0) is 28.2. The lowest BCUT2D eigenvalue weighted by atomic mass is 9.86. The Bertz CT molecular complexity index is 1430. The highest BCUT2D eigenvalue weighted by Crippen LogP contribution is 2.29. The van der Waals surface area contributed by atoms with Gasteiger partial charge in [0.2, 0.25) is 5.91 Å². The van der Waals surface area contributed by atoms with E-state index in [4.69, 9.17) is 9.47 Å². The van der Waals surface area contributed by atoms with Crippen LogP contribution in [0.25, 0.3) is 0 Å². The van der Waals surface area contributed by atoms with Crippen molar-refractivity contribution in [1.82, 2.24) is 4.90 Å². The normalized spacial score (nSPS) is 13.3. The highest BCUT2D eigenvalue weighted by atomic mass is 32.2. The van der Waals surface area contributed by atoms with Crippen molar-refractivity contribution in [2.45, 2.75) is 57.5 Å². The summed E-state index contributed by atoms with van der Waals surface area (Å²) in [7, 11) is -4.05. The van der Waals surface area contributed by atoms with Gasteiger partial charge in [-0.2, -0.15) is 0 Å². The molecule has 1 N–H and O–H groups in total. The van der Waals surface area contributed by atoms with Crippen LogP contribution in [0.3, 0.4) is 0 Å². The summed E-state index contributed by atoms with van der Waals surface area (Å²) in [4.78, 5) is 14.7. The molecule has 0 bridgehead atoms. The Labute approximate surface area is 230 Å². The molecule has 0 fully saturated rings. The first kappa shape index (κ1) is 28.6. The van der Waals surface area contributed by atoms with Gasteiger partial charge < -0.3 is 14.4 Å². The maximum Gasteiger partial charge on any atom is 0.261 e. The second-order valence-corrected chi connectivity index (χ2v) is 12.3. The molecule has 0 aliphatic carbocycles. The number of rotatable bonds is 10. The monoisotopic (exact) mass is 554 g/mol. The summed E-state index contributed by atoms with van der Waals surface area (Å²) in [5.74, 6) is -0.494. The number of hydrogen-bond acceptors (Lipinski definition) is 5. The number of anilines is 1. The van der Waals surface area contributed by atoms with Crippen molar-refractivity contribution in [1.29, 1.82) is 0 Å². The lowest BCUT2D eigenvalue weighted by Gasteiger charge is -2.19. The minimum absolute atomic E-state index is 0.00441. The highest BCUT2D eigenvalue weighted by Gasteiger charge is 2.26. The van der Waals surface area contributed by atoms with E-state index in [-0.39, 0.29) is 40.7 Å². The lowest BCUT2D eigenvalue weighted by molar-refractivity contribution is -0.131. The Morgan fingerprint density at radius 3 is 2.36 bits per heavy atom. The van der Waals surface area contributed by atoms with Crippen LogP contribution in [0.4, 0.5) is 10.1 Å². The molecular weight excluding hydrogens is 519 g/mol. The second kappa shape index (κ2) is 11.8. The first-order valence-corrected chi connectivity index (χ1v) is 14.5. The summed E-state index contributed by atoms with van der Waals surface area (Å²) >= 11 is 0. The second-order valence-electron chi connectivity index (χ2n) is 10.6. The number of amides is 1. The fourth-order valence-corrected chi connectivity index (χ4v) is 5.48. The molecule has 0 atom stereocenters. The van der Waals surface area contributed by atoms with Gasteiger partial charge in [-0.25, -0.2) is 12.8 Å². The largest absolute Gasteiger partial charge is 0.491 e. The Kier molecular flexibility index (Phi) is 8.61. The average Bonchev–Trinajstić information content (AvgIpc) is 3.32. The number of sulfonamides is 1. The van der Waals surface area contributed by atoms with E-state index >= 15 is 0 Å². The Balaban J connectivity index is 1.39. The number of ether oxygens (including phenoxy) is 2. The van der Waals surface area contributed by atoms with Crippen molar-refractivity contribution in [3.05, 3.63) is 88.7 Å². The zero-order valence-electron chi connectivity index (χ0n) is 22.8. The van der Waals surface area contributed by atoms with Crippen LogP contribution < -0.4 is 9.46 Å². The molecule has 0 spiro atoms. The number of hydrogen-bond donors (Lipinski definition) is 1. The minimum atomic E-state index is -4.05. The van der Waals surface area contributed by atoms with Gasteiger partial charge in [-0.1, -0.05) is 51.1 Å². The molecule has 3 aromatic carbocycles. The third-order valence-corrected chi connectivity index (χ3v) is 7.99. The van der Waals surface area contributed by atoms with Crippen molar-refractivity contribution in [3.63, 3.8) is 0 Å². The molecule has 0 unspecified atom stereocenters. The standard InChI is InChI=1S/C30H35FN2O5S/c1-5-37-14-15-38-25-11-13-28(27(31)18-25)32-39(35,36)26-12-8-22-19-33(20-23(22)17-26)29(34)16-21-6-9-24(10-7-21)30(2,3)4/h6-13,17-18,32H,5,14-16,19-20H2,1-4H3. The molecule has 0 saturated carbocycles. The third kappa shape index (κ3) is 7.16. The van der Waals surface area contributed by atoms with Gasteiger partial charge in [0, 0.05) is 25.8 Å². The van der Waals surface area contributed by atoms with Crippen LogP contribution in [-0.2, 0) is 44.5 Å². The summed E-state index contributed by atoms with van der Waals surface area (Å²) in [6, 6.07) is 16.8. The fourth-order valence-electron chi connectivity index (χ4n) is 4.36. The van der Waals surface area contributed by atoms with Crippen LogP contribution in [0.5, 0.6) is 5.75 Å². The van der Waals surface area contributed by atoms with Crippen LogP contribution >= 0.6 is 0 Å². The van der Waals surface area contributed by atoms with Gasteiger partial charge in [-0.15, -0.1) is 0 Å². The van der Waals surface area contributed by atoms with Gasteiger partial charge in [0.05, 0.1) is 23.6 Å². The molecular formula is C30H35FN2O5S. The van der Waals surface area contributed by atoms with Crippen molar-refractivity contribution in [3.8, 4) is 5.75 Å². The van der Waals surface area contributed by atoms with Crippen molar-refractivity contribution in [2.24, 2.45) is 0 Å². The first-order chi connectivity index (χ1) is 18.5. The van der Waals surface area contributed by atoms with Crippen molar-refractivity contribution in [2.75, 3.05) is 24.5 Å². The maximum absolute atomic E-state index is 14.6. The van der Waals surface area contributed by atoms with E-state index in [1.54, 1.807) is 17.0 Å². The summed E-state index contributed by atoms with van der Waals surface area (Å²) < 4.78 is 53.6. The smallest absolute Gasteiger partial charge is 0.261 e. The first-order valence-electron chi connectivity index (χ1n) is 13.0. The lowest BCUT2D eigenvalue weighted by Crippen LogP contribution is -2.26. The van der Waals surface area contributed by atoms with Crippen molar-refractivity contribution >= 4 is 21.6 Å². The number of nitrogens with zero attached hydrogens (tertiary/aromatic N) is 1. The number of nitrogens with one attached hydrogen (secondary N) is 1. The third-order valence-electron chi connectivity index (χ3n) is 6.62. The molecule has 1 aliphatic rings. The summed E-state index contributed by atoms with van der Waals surface area (Å²) in [6.45, 7) is 10.2.